The number of benzene rings is 2. The minimum absolute atomic E-state index is 0.172. The Labute approximate surface area is 174 Å². The Morgan fingerprint density at radius 2 is 1.86 bits per heavy atom. The number of ether oxygens (including phenoxy) is 1. The van der Waals surface area contributed by atoms with E-state index >= 15 is 0 Å². The van der Waals surface area contributed by atoms with Crippen LogP contribution in [-0.4, -0.2) is 24.3 Å². The van der Waals surface area contributed by atoms with E-state index in [-0.39, 0.29) is 6.10 Å². The maximum Gasteiger partial charge on any atom is 0.171 e. The number of hydrogen-bond donors (Lipinski definition) is 2. The van der Waals surface area contributed by atoms with Crippen LogP contribution in [0.3, 0.4) is 0 Å². The summed E-state index contributed by atoms with van der Waals surface area (Å²) in [4.78, 5) is 2.49. The number of nitrogens with zero attached hydrogens (tertiary/aromatic N) is 1. The van der Waals surface area contributed by atoms with Crippen LogP contribution in [0, 0.1) is 5.92 Å². The second-order valence-corrected chi connectivity index (χ2v) is 8.27. The zero-order valence-electron chi connectivity index (χ0n) is 17.1. The highest BCUT2D eigenvalue weighted by Gasteiger charge is 2.16. The van der Waals surface area contributed by atoms with Gasteiger partial charge < -0.3 is 20.3 Å². The molecule has 1 fully saturated rings. The molecule has 1 aliphatic rings. The molecule has 5 heteroatoms. The summed E-state index contributed by atoms with van der Waals surface area (Å²) in [6, 6.07) is 16.7. The molecule has 2 aromatic rings. The van der Waals surface area contributed by atoms with Crippen LogP contribution in [-0.2, 0) is 6.54 Å². The Bertz CT molecular complexity index is 758. The highest BCUT2D eigenvalue weighted by Crippen LogP contribution is 2.23. The van der Waals surface area contributed by atoms with E-state index in [0.29, 0.717) is 11.7 Å². The standard InChI is InChI=1S/C23H31N3OS/c1-17(2)27-22-12-8-20(9-13-22)25-23(28)24-15-19-6-10-21(11-7-19)26-14-4-5-18(3)16-26/h6-13,17-18H,4-5,14-16H2,1-3H3,(H2,24,25,28)/t18-/m1/s1. The fraction of sp³-hybridized carbons (Fsp3) is 0.435. The van der Waals surface area contributed by atoms with Gasteiger partial charge >= 0.3 is 0 Å². The van der Waals surface area contributed by atoms with E-state index in [2.05, 4.69) is 46.7 Å². The highest BCUT2D eigenvalue weighted by atomic mass is 32.1. The van der Waals surface area contributed by atoms with Gasteiger partial charge in [0.05, 0.1) is 6.10 Å². The van der Waals surface area contributed by atoms with Gasteiger partial charge in [0.15, 0.2) is 5.11 Å². The van der Waals surface area contributed by atoms with Crippen molar-refractivity contribution in [3.8, 4) is 5.75 Å². The molecule has 0 spiro atoms. The molecule has 0 aromatic heterocycles. The van der Waals surface area contributed by atoms with Crippen LogP contribution in [0.15, 0.2) is 48.5 Å². The maximum absolute atomic E-state index is 5.66. The van der Waals surface area contributed by atoms with Gasteiger partial charge in [0.2, 0.25) is 0 Å². The smallest absolute Gasteiger partial charge is 0.171 e. The third-order valence-electron chi connectivity index (χ3n) is 4.90. The van der Waals surface area contributed by atoms with E-state index in [0.717, 1.165) is 30.4 Å². The van der Waals surface area contributed by atoms with E-state index in [1.807, 2.05) is 38.1 Å². The van der Waals surface area contributed by atoms with Crippen LogP contribution in [0.4, 0.5) is 11.4 Å². The molecule has 0 amide bonds. The summed E-state index contributed by atoms with van der Waals surface area (Å²) in [5.41, 5.74) is 3.49. The molecule has 1 heterocycles. The minimum atomic E-state index is 0.172. The van der Waals surface area contributed by atoms with Gasteiger partial charge in [-0.15, -0.1) is 0 Å². The molecule has 4 nitrogen and oxygen atoms in total. The number of piperidine rings is 1. The lowest BCUT2D eigenvalue weighted by Gasteiger charge is -2.32. The van der Waals surface area contributed by atoms with Crippen LogP contribution in [0.25, 0.3) is 0 Å². The quantitative estimate of drug-likeness (QED) is 0.656. The third kappa shape index (κ3) is 6.13. The molecule has 3 rings (SSSR count). The summed E-state index contributed by atoms with van der Waals surface area (Å²) < 4.78 is 5.66. The number of thiocarbonyl (C=S) groups is 1. The largest absolute Gasteiger partial charge is 0.491 e. The molecule has 0 radical (unpaired) electrons. The van der Waals surface area contributed by atoms with Gasteiger partial charge in [-0.05, 0) is 86.8 Å². The molecular weight excluding hydrogens is 366 g/mol. The van der Waals surface area contributed by atoms with Crippen LogP contribution in [0.5, 0.6) is 5.75 Å². The molecule has 150 valence electrons. The first kappa shape index (κ1) is 20.5. The molecule has 0 bridgehead atoms. The normalized spacial score (nSPS) is 16.7. The molecular formula is C23H31N3OS. The lowest BCUT2D eigenvalue weighted by atomic mass is 9.99. The van der Waals surface area contributed by atoms with Crippen molar-refractivity contribution in [1.29, 1.82) is 0 Å². The van der Waals surface area contributed by atoms with Crippen LogP contribution in [0.1, 0.15) is 39.2 Å². The molecule has 0 saturated carbocycles. The number of hydrogen-bond acceptors (Lipinski definition) is 3. The zero-order chi connectivity index (χ0) is 19.9. The minimum Gasteiger partial charge on any atom is -0.491 e. The first-order valence-electron chi connectivity index (χ1n) is 10.1. The van der Waals surface area contributed by atoms with Crippen molar-refractivity contribution in [2.75, 3.05) is 23.3 Å². The van der Waals surface area contributed by atoms with E-state index in [9.17, 15) is 0 Å². The molecule has 2 aromatic carbocycles. The van der Waals surface area contributed by atoms with Crippen molar-refractivity contribution in [1.82, 2.24) is 5.32 Å². The average Bonchev–Trinajstić information content (AvgIpc) is 2.68. The molecule has 1 saturated heterocycles. The molecule has 1 aliphatic heterocycles. The Morgan fingerprint density at radius 1 is 1.14 bits per heavy atom. The summed E-state index contributed by atoms with van der Waals surface area (Å²) in [5.74, 6) is 1.65. The lowest BCUT2D eigenvalue weighted by molar-refractivity contribution is 0.242. The van der Waals surface area contributed by atoms with Crippen molar-refractivity contribution in [2.45, 2.75) is 46.3 Å². The Morgan fingerprint density at radius 3 is 2.50 bits per heavy atom. The Hall–Kier alpha value is -2.27. The third-order valence-corrected chi connectivity index (χ3v) is 5.14. The van der Waals surface area contributed by atoms with Crippen molar-refractivity contribution in [3.05, 3.63) is 54.1 Å². The van der Waals surface area contributed by atoms with Gasteiger partial charge in [0.25, 0.3) is 0 Å². The van der Waals surface area contributed by atoms with Gasteiger partial charge in [-0.3, -0.25) is 0 Å². The highest BCUT2D eigenvalue weighted by molar-refractivity contribution is 7.80. The topological polar surface area (TPSA) is 36.5 Å². The molecule has 0 aliphatic carbocycles. The average molecular weight is 398 g/mol. The van der Waals surface area contributed by atoms with Gasteiger partial charge in [0, 0.05) is 31.0 Å². The van der Waals surface area contributed by atoms with Crippen molar-refractivity contribution in [3.63, 3.8) is 0 Å². The summed E-state index contributed by atoms with van der Waals surface area (Å²) in [6.07, 6.45) is 2.80. The fourth-order valence-electron chi connectivity index (χ4n) is 3.50. The molecule has 28 heavy (non-hydrogen) atoms. The fourth-order valence-corrected chi connectivity index (χ4v) is 3.69. The van der Waals surface area contributed by atoms with Gasteiger partial charge in [-0.1, -0.05) is 19.1 Å². The van der Waals surface area contributed by atoms with E-state index in [1.165, 1.54) is 24.1 Å². The van der Waals surface area contributed by atoms with Crippen molar-refractivity contribution >= 4 is 28.7 Å². The summed E-state index contributed by atoms with van der Waals surface area (Å²) in [5, 5.41) is 7.11. The molecule has 1 atom stereocenters. The predicted octanol–water partition coefficient (Wildman–Crippen LogP) is 5.20. The Balaban J connectivity index is 1.46. The van der Waals surface area contributed by atoms with Crippen molar-refractivity contribution < 1.29 is 4.74 Å². The second kappa shape index (κ2) is 9.78. The first-order chi connectivity index (χ1) is 13.5. The number of rotatable bonds is 6. The zero-order valence-corrected chi connectivity index (χ0v) is 17.9. The Kier molecular flexibility index (Phi) is 7.15. The molecule has 2 N–H and O–H groups in total. The number of nitrogens with one attached hydrogen (secondary N) is 2. The van der Waals surface area contributed by atoms with Crippen LogP contribution < -0.4 is 20.3 Å². The van der Waals surface area contributed by atoms with Crippen LogP contribution >= 0.6 is 12.2 Å². The predicted molar refractivity (Wildman–Crippen MR) is 122 cm³/mol. The summed E-state index contributed by atoms with van der Waals surface area (Å²) >= 11 is 5.42. The lowest BCUT2D eigenvalue weighted by Crippen LogP contribution is -2.34. The summed E-state index contributed by atoms with van der Waals surface area (Å²) in [7, 11) is 0. The molecule has 0 unspecified atom stereocenters. The van der Waals surface area contributed by atoms with E-state index in [1.54, 1.807) is 0 Å². The SMILES string of the molecule is CC(C)Oc1ccc(NC(=S)NCc2ccc(N3CCC[C@@H](C)C3)cc2)cc1. The summed E-state index contributed by atoms with van der Waals surface area (Å²) in [6.45, 7) is 9.40. The van der Waals surface area contributed by atoms with Gasteiger partial charge in [0.1, 0.15) is 5.75 Å². The van der Waals surface area contributed by atoms with E-state index < -0.39 is 0 Å². The van der Waals surface area contributed by atoms with Gasteiger partial charge in [-0.25, -0.2) is 0 Å². The van der Waals surface area contributed by atoms with Crippen molar-refractivity contribution in [2.24, 2.45) is 5.92 Å². The monoisotopic (exact) mass is 397 g/mol. The first-order valence-corrected chi connectivity index (χ1v) is 10.6. The van der Waals surface area contributed by atoms with Gasteiger partial charge in [-0.2, -0.15) is 0 Å². The second-order valence-electron chi connectivity index (χ2n) is 7.86. The van der Waals surface area contributed by atoms with Crippen LogP contribution in [0.2, 0.25) is 0 Å². The maximum atomic E-state index is 5.66. The van der Waals surface area contributed by atoms with E-state index in [4.69, 9.17) is 17.0 Å². The number of anilines is 2.